The number of para-hydroxylation sites is 1. The van der Waals surface area contributed by atoms with Crippen molar-refractivity contribution in [2.75, 3.05) is 7.11 Å². The highest BCUT2D eigenvalue weighted by Crippen LogP contribution is 2.44. The largest absolute Gasteiger partial charge is 0.587 e. The smallest absolute Gasteiger partial charge is 0.395 e. The van der Waals surface area contributed by atoms with E-state index in [-0.39, 0.29) is 12.2 Å². The molecule has 7 nitrogen and oxygen atoms in total. The summed E-state index contributed by atoms with van der Waals surface area (Å²) in [6, 6.07) is 16.1. The standard InChI is InChI=1S/C16H18NO6P/c1-21-17-15(12-13-8-4-2-5-9-13)16(18)23-24(19,20)22-14-10-6-3-7-11-14/h2-11,15,17H,12H2,1H3,(H,19,20)/t15-/m0/s1. The van der Waals surface area contributed by atoms with Crippen molar-refractivity contribution in [2.24, 2.45) is 0 Å². The molecule has 0 heterocycles. The van der Waals surface area contributed by atoms with Gasteiger partial charge in [0.2, 0.25) is 0 Å². The van der Waals surface area contributed by atoms with Crippen LogP contribution in [0.4, 0.5) is 0 Å². The van der Waals surface area contributed by atoms with Gasteiger partial charge in [-0.15, -0.1) is 0 Å². The Balaban J connectivity index is 2.02. The summed E-state index contributed by atoms with van der Waals surface area (Å²) in [5.74, 6) is -0.835. The molecule has 0 saturated heterocycles. The van der Waals surface area contributed by atoms with Gasteiger partial charge < -0.3 is 13.9 Å². The second-order valence-electron chi connectivity index (χ2n) is 4.85. The zero-order valence-electron chi connectivity index (χ0n) is 13.0. The first-order valence-electron chi connectivity index (χ1n) is 7.13. The van der Waals surface area contributed by atoms with Gasteiger partial charge >= 0.3 is 13.8 Å². The molecule has 2 rings (SSSR count). The van der Waals surface area contributed by atoms with Crippen LogP contribution in [0.3, 0.4) is 0 Å². The molecule has 0 bridgehead atoms. The second-order valence-corrected chi connectivity index (χ2v) is 6.15. The number of hydrogen-bond acceptors (Lipinski definition) is 6. The SMILES string of the molecule is CON[C@@H](Cc1ccccc1)C(=O)OP(=O)(O)Oc1ccccc1. The lowest BCUT2D eigenvalue weighted by atomic mass is 10.1. The van der Waals surface area contributed by atoms with Crippen LogP contribution in [0.2, 0.25) is 0 Å². The van der Waals surface area contributed by atoms with Crippen LogP contribution in [0.25, 0.3) is 0 Å². The molecule has 2 atom stereocenters. The molecule has 2 aromatic carbocycles. The van der Waals surface area contributed by atoms with Crippen molar-refractivity contribution in [2.45, 2.75) is 12.5 Å². The lowest BCUT2D eigenvalue weighted by Crippen LogP contribution is -2.39. The van der Waals surface area contributed by atoms with Crippen LogP contribution >= 0.6 is 7.82 Å². The summed E-state index contributed by atoms with van der Waals surface area (Å²) in [6.07, 6.45) is 0.221. The molecule has 0 amide bonds. The van der Waals surface area contributed by atoms with Crippen molar-refractivity contribution in [3.63, 3.8) is 0 Å². The number of phosphoric ester groups is 1. The fraction of sp³-hybridized carbons (Fsp3) is 0.188. The van der Waals surface area contributed by atoms with Gasteiger partial charge in [-0.1, -0.05) is 48.5 Å². The summed E-state index contributed by atoms with van der Waals surface area (Å²) >= 11 is 0. The first-order chi connectivity index (χ1) is 11.5. The van der Waals surface area contributed by atoms with E-state index >= 15 is 0 Å². The van der Waals surface area contributed by atoms with Crippen molar-refractivity contribution in [3.8, 4) is 5.75 Å². The van der Waals surface area contributed by atoms with Crippen molar-refractivity contribution in [1.29, 1.82) is 0 Å². The average Bonchev–Trinajstić information content (AvgIpc) is 2.55. The van der Waals surface area contributed by atoms with Crippen molar-refractivity contribution >= 4 is 13.8 Å². The molecule has 2 N–H and O–H groups in total. The fourth-order valence-electron chi connectivity index (χ4n) is 1.98. The molecule has 0 aromatic heterocycles. The zero-order valence-corrected chi connectivity index (χ0v) is 13.9. The quantitative estimate of drug-likeness (QED) is 0.557. The Labute approximate surface area is 139 Å². The van der Waals surface area contributed by atoms with E-state index in [9.17, 15) is 14.3 Å². The number of rotatable bonds is 8. The van der Waals surface area contributed by atoms with E-state index in [4.69, 9.17) is 9.36 Å². The molecule has 0 aliphatic heterocycles. The Morgan fingerprint density at radius 1 is 1.12 bits per heavy atom. The first-order valence-corrected chi connectivity index (χ1v) is 8.63. The lowest BCUT2D eigenvalue weighted by Gasteiger charge is -2.18. The van der Waals surface area contributed by atoms with Crippen LogP contribution < -0.4 is 10.0 Å². The van der Waals surface area contributed by atoms with E-state index in [1.807, 2.05) is 30.3 Å². The fourth-order valence-corrected chi connectivity index (χ4v) is 2.76. The second kappa shape index (κ2) is 8.61. The van der Waals surface area contributed by atoms with Crippen molar-refractivity contribution in [3.05, 3.63) is 66.2 Å². The zero-order chi connectivity index (χ0) is 17.4. The molecule has 2 aromatic rings. The topological polar surface area (TPSA) is 94.1 Å². The molecule has 0 fully saturated rings. The third-order valence-corrected chi connectivity index (χ3v) is 3.85. The minimum absolute atomic E-state index is 0.121. The molecule has 0 spiro atoms. The molecule has 8 heteroatoms. The van der Waals surface area contributed by atoms with E-state index in [0.29, 0.717) is 0 Å². The Hall–Kier alpha value is -2.18. The van der Waals surface area contributed by atoms with Crippen molar-refractivity contribution < 1.29 is 28.1 Å². The molecule has 0 saturated carbocycles. The predicted octanol–water partition coefficient (Wildman–Crippen LogP) is 2.47. The molecule has 1 unspecified atom stereocenters. The summed E-state index contributed by atoms with van der Waals surface area (Å²) in [5, 5.41) is 0. The normalized spacial score (nSPS) is 14.4. The number of carbonyl (C=O) groups excluding carboxylic acids is 1. The van der Waals surface area contributed by atoms with Gasteiger partial charge in [-0.3, -0.25) is 4.89 Å². The summed E-state index contributed by atoms with van der Waals surface area (Å²) < 4.78 is 21.5. The van der Waals surface area contributed by atoms with Gasteiger partial charge in [-0.25, -0.2) is 9.36 Å². The van der Waals surface area contributed by atoms with Gasteiger partial charge in [0.15, 0.2) is 0 Å². The molecule has 0 radical (unpaired) electrons. The van der Waals surface area contributed by atoms with Gasteiger partial charge in [0, 0.05) is 6.42 Å². The van der Waals surface area contributed by atoms with Crippen LogP contribution in [-0.4, -0.2) is 24.0 Å². The summed E-state index contributed by atoms with van der Waals surface area (Å²) in [6.45, 7) is 0. The first kappa shape index (κ1) is 18.2. The van der Waals surface area contributed by atoms with Gasteiger partial charge in [0.05, 0.1) is 7.11 Å². The van der Waals surface area contributed by atoms with Gasteiger partial charge in [-0.2, -0.15) is 5.48 Å². The lowest BCUT2D eigenvalue weighted by molar-refractivity contribution is -0.141. The molecule has 128 valence electrons. The summed E-state index contributed by atoms with van der Waals surface area (Å²) in [4.78, 5) is 26.7. The Bertz CT molecular complexity index is 694. The van der Waals surface area contributed by atoms with Gasteiger partial charge in [0.25, 0.3) is 0 Å². The third kappa shape index (κ3) is 5.79. The highest BCUT2D eigenvalue weighted by molar-refractivity contribution is 7.48. The average molecular weight is 351 g/mol. The van der Waals surface area contributed by atoms with Crippen LogP contribution in [0.15, 0.2) is 60.7 Å². The number of phosphoric acid groups is 1. The van der Waals surface area contributed by atoms with E-state index in [1.165, 1.54) is 19.2 Å². The highest BCUT2D eigenvalue weighted by Gasteiger charge is 2.32. The monoisotopic (exact) mass is 351 g/mol. The Kier molecular flexibility index (Phi) is 6.52. The minimum Gasteiger partial charge on any atom is -0.395 e. The minimum atomic E-state index is -4.60. The van der Waals surface area contributed by atoms with Crippen LogP contribution in [-0.2, 0) is 25.1 Å². The summed E-state index contributed by atoms with van der Waals surface area (Å²) in [5.41, 5.74) is 3.29. The summed E-state index contributed by atoms with van der Waals surface area (Å²) in [7, 11) is -3.26. The maximum Gasteiger partial charge on any atom is 0.587 e. The number of benzene rings is 2. The number of hydrogen-bond donors (Lipinski definition) is 2. The van der Waals surface area contributed by atoms with E-state index in [2.05, 4.69) is 10.0 Å². The van der Waals surface area contributed by atoms with Crippen LogP contribution in [0, 0.1) is 0 Å². The number of nitrogens with one attached hydrogen (secondary N) is 1. The van der Waals surface area contributed by atoms with Crippen molar-refractivity contribution in [1.82, 2.24) is 5.48 Å². The molecule has 0 aliphatic carbocycles. The Morgan fingerprint density at radius 3 is 2.29 bits per heavy atom. The Morgan fingerprint density at radius 2 is 1.71 bits per heavy atom. The van der Waals surface area contributed by atoms with Crippen LogP contribution in [0.1, 0.15) is 5.56 Å². The van der Waals surface area contributed by atoms with E-state index in [1.54, 1.807) is 18.2 Å². The third-order valence-electron chi connectivity index (χ3n) is 3.00. The van der Waals surface area contributed by atoms with E-state index in [0.717, 1.165) is 5.56 Å². The number of hydroxylamine groups is 1. The van der Waals surface area contributed by atoms with E-state index < -0.39 is 19.8 Å². The number of carbonyl (C=O) groups is 1. The molecular weight excluding hydrogens is 333 g/mol. The highest BCUT2D eigenvalue weighted by atomic mass is 31.2. The van der Waals surface area contributed by atoms with Gasteiger partial charge in [-0.05, 0) is 17.7 Å². The molecule has 24 heavy (non-hydrogen) atoms. The molecule has 0 aliphatic rings. The van der Waals surface area contributed by atoms with Crippen LogP contribution in [0.5, 0.6) is 5.75 Å². The maximum atomic E-state index is 12.2. The predicted molar refractivity (Wildman–Crippen MR) is 87.1 cm³/mol. The maximum absolute atomic E-state index is 12.2. The van der Waals surface area contributed by atoms with Gasteiger partial charge in [0.1, 0.15) is 11.8 Å². The molecular formula is C16H18NO6P.